The van der Waals surface area contributed by atoms with Crippen molar-refractivity contribution in [2.75, 3.05) is 10.6 Å². The number of nitrogens with zero attached hydrogens (tertiary/aromatic N) is 1. The second-order valence-electron chi connectivity index (χ2n) is 9.83. The maximum Gasteiger partial charge on any atom is 0.269 e. The number of nitrogens with one attached hydrogen (secondary N) is 4. The number of carbonyl (C=O) groups is 2. The lowest BCUT2D eigenvalue weighted by Gasteiger charge is -2.13. The Bertz CT molecular complexity index is 1930. The largest absolute Gasteiger partial charge is 0.457 e. The van der Waals surface area contributed by atoms with Crippen LogP contribution >= 0.6 is 12.2 Å². The van der Waals surface area contributed by atoms with Crippen LogP contribution in [-0.4, -0.2) is 21.9 Å². The fourth-order valence-corrected chi connectivity index (χ4v) is 4.53. The molecule has 4 N–H and O–H groups in total. The van der Waals surface area contributed by atoms with Gasteiger partial charge in [0.2, 0.25) is 0 Å². The molecule has 1 heterocycles. The molecule has 46 heavy (non-hydrogen) atoms. The van der Waals surface area contributed by atoms with Gasteiger partial charge in [-0.3, -0.25) is 19.7 Å². The number of rotatable bonds is 10. The van der Waals surface area contributed by atoms with Crippen LogP contribution in [0.4, 0.5) is 21.5 Å². The summed E-state index contributed by atoms with van der Waals surface area (Å²) in [5, 5.41) is 22.4. The first-order valence-electron chi connectivity index (χ1n) is 13.9. The minimum absolute atomic E-state index is 0.0544. The first kappa shape index (κ1) is 31.3. The van der Waals surface area contributed by atoms with Gasteiger partial charge < -0.3 is 25.7 Å². The molecule has 5 rings (SSSR count). The number of nitro groups is 1. The molecule has 0 aliphatic heterocycles. The quantitative estimate of drug-likeness (QED) is 0.0563. The zero-order valence-electron chi connectivity index (χ0n) is 24.0. The Hall–Kier alpha value is -6.14. The third kappa shape index (κ3) is 8.27. The fourth-order valence-electron chi connectivity index (χ4n) is 4.30. The standard InChI is InChI=1S/C34H26FN5O5S/c35-28-11-4-5-12-29(28)39-34(46)37-25-10-6-7-22(19-25)21-36-33(42)30(38-32(41)24-8-2-1-3-9-24)20-27-17-18-31(45-27)23-13-15-26(16-14-23)40(43)44/h1-20H,21H2,(H,36,42)(H,38,41)(H2,37,39,46)/b30-20-. The molecule has 0 aliphatic rings. The minimum Gasteiger partial charge on any atom is -0.457 e. The van der Waals surface area contributed by atoms with Crippen molar-refractivity contribution < 1.29 is 23.3 Å². The summed E-state index contributed by atoms with van der Waals surface area (Å²) in [5.41, 5.74) is 2.40. The number of halogens is 1. The van der Waals surface area contributed by atoms with Crippen LogP contribution in [0, 0.1) is 15.9 Å². The summed E-state index contributed by atoms with van der Waals surface area (Å²) < 4.78 is 19.9. The van der Waals surface area contributed by atoms with Gasteiger partial charge >= 0.3 is 0 Å². The Labute approximate surface area is 268 Å². The van der Waals surface area contributed by atoms with Crippen molar-refractivity contribution in [1.29, 1.82) is 0 Å². The van der Waals surface area contributed by atoms with Crippen molar-refractivity contribution in [2.45, 2.75) is 6.54 Å². The van der Waals surface area contributed by atoms with E-state index in [2.05, 4.69) is 21.3 Å². The Morgan fingerprint density at radius 1 is 0.870 bits per heavy atom. The molecule has 10 nitrogen and oxygen atoms in total. The van der Waals surface area contributed by atoms with E-state index >= 15 is 0 Å². The summed E-state index contributed by atoms with van der Waals surface area (Å²) in [4.78, 5) is 36.8. The van der Waals surface area contributed by atoms with Crippen molar-refractivity contribution in [3.8, 4) is 11.3 Å². The number of para-hydroxylation sites is 1. The zero-order chi connectivity index (χ0) is 32.5. The Kier molecular flexibility index (Phi) is 9.90. The minimum atomic E-state index is -0.576. The molecule has 0 aliphatic carbocycles. The number of hydrogen-bond acceptors (Lipinski definition) is 6. The molecule has 0 atom stereocenters. The molecule has 0 saturated heterocycles. The molecule has 0 fully saturated rings. The van der Waals surface area contributed by atoms with Crippen molar-refractivity contribution in [2.24, 2.45) is 0 Å². The molecular weight excluding hydrogens is 609 g/mol. The van der Waals surface area contributed by atoms with Gasteiger partial charge in [-0.05, 0) is 78.4 Å². The van der Waals surface area contributed by atoms with Gasteiger partial charge in [-0.25, -0.2) is 4.39 Å². The SMILES string of the molecule is O=C(NCc1cccc(NC(=S)Nc2ccccc2F)c1)/C(=C/c1ccc(-c2ccc([N+](=O)[O-])cc2)o1)NC(=O)c1ccccc1. The van der Waals surface area contributed by atoms with Gasteiger partial charge in [0.15, 0.2) is 5.11 Å². The van der Waals surface area contributed by atoms with E-state index in [1.807, 2.05) is 0 Å². The predicted molar refractivity (Wildman–Crippen MR) is 177 cm³/mol. The molecular formula is C34H26FN5O5S. The summed E-state index contributed by atoms with van der Waals surface area (Å²) in [6.45, 7) is 0.104. The van der Waals surface area contributed by atoms with Crippen LogP contribution in [0.1, 0.15) is 21.7 Å². The predicted octanol–water partition coefficient (Wildman–Crippen LogP) is 6.89. The number of benzene rings is 4. The molecule has 0 bridgehead atoms. The van der Waals surface area contributed by atoms with Crippen LogP contribution in [0.2, 0.25) is 0 Å². The topological polar surface area (TPSA) is 139 Å². The smallest absolute Gasteiger partial charge is 0.269 e. The van der Waals surface area contributed by atoms with Gasteiger partial charge in [-0.15, -0.1) is 0 Å². The highest BCUT2D eigenvalue weighted by Gasteiger charge is 2.16. The maximum atomic E-state index is 14.0. The van der Waals surface area contributed by atoms with Crippen LogP contribution in [0.5, 0.6) is 0 Å². The maximum absolute atomic E-state index is 14.0. The lowest BCUT2D eigenvalue weighted by molar-refractivity contribution is -0.384. The third-order valence-corrected chi connectivity index (χ3v) is 6.77. The molecule has 4 aromatic carbocycles. The monoisotopic (exact) mass is 635 g/mol. The van der Waals surface area contributed by atoms with Crippen LogP contribution < -0.4 is 21.3 Å². The highest BCUT2D eigenvalue weighted by Crippen LogP contribution is 2.25. The summed E-state index contributed by atoms with van der Waals surface area (Å²) >= 11 is 5.31. The van der Waals surface area contributed by atoms with E-state index in [0.717, 1.165) is 5.56 Å². The first-order valence-corrected chi connectivity index (χ1v) is 14.3. The third-order valence-electron chi connectivity index (χ3n) is 6.56. The molecule has 0 radical (unpaired) electrons. The van der Waals surface area contributed by atoms with Gasteiger partial charge in [-0.1, -0.05) is 42.5 Å². The molecule has 0 saturated carbocycles. The second kappa shape index (κ2) is 14.6. The number of carbonyl (C=O) groups excluding carboxylic acids is 2. The van der Waals surface area contributed by atoms with Crippen LogP contribution in [0.15, 0.2) is 125 Å². The Morgan fingerprint density at radius 3 is 2.35 bits per heavy atom. The van der Waals surface area contributed by atoms with E-state index < -0.39 is 22.6 Å². The molecule has 230 valence electrons. The summed E-state index contributed by atoms with van der Waals surface area (Å²) in [6.07, 6.45) is 1.40. The van der Waals surface area contributed by atoms with Crippen molar-refractivity contribution in [3.63, 3.8) is 0 Å². The Balaban J connectivity index is 1.30. The lowest BCUT2D eigenvalue weighted by Crippen LogP contribution is -2.34. The van der Waals surface area contributed by atoms with Gasteiger partial charge in [0, 0.05) is 41.6 Å². The van der Waals surface area contributed by atoms with Crippen molar-refractivity contribution in [3.05, 3.63) is 154 Å². The number of anilines is 2. The second-order valence-corrected chi connectivity index (χ2v) is 10.2. The molecule has 0 spiro atoms. The van der Waals surface area contributed by atoms with Gasteiger partial charge in [0.1, 0.15) is 23.0 Å². The van der Waals surface area contributed by atoms with Crippen LogP contribution in [-0.2, 0) is 11.3 Å². The highest BCUT2D eigenvalue weighted by molar-refractivity contribution is 7.80. The van der Waals surface area contributed by atoms with Crippen molar-refractivity contribution in [1.82, 2.24) is 10.6 Å². The number of furan rings is 1. The van der Waals surface area contributed by atoms with Gasteiger partial charge in [-0.2, -0.15) is 0 Å². The van der Waals surface area contributed by atoms with E-state index in [1.165, 1.54) is 24.3 Å². The van der Waals surface area contributed by atoms with E-state index in [1.54, 1.807) is 97.1 Å². The molecule has 1 aromatic heterocycles. The number of thiocarbonyl (C=S) groups is 1. The number of hydrogen-bond donors (Lipinski definition) is 4. The number of nitro benzene ring substituents is 1. The number of non-ortho nitro benzene ring substituents is 1. The highest BCUT2D eigenvalue weighted by atomic mass is 32.1. The van der Waals surface area contributed by atoms with E-state index in [0.29, 0.717) is 22.6 Å². The Morgan fingerprint density at radius 2 is 1.61 bits per heavy atom. The van der Waals surface area contributed by atoms with Gasteiger partial charge in [0.05, 0.1) is 10.6 Å². The average molecular weight is 636 g/mol. The van der Waals surface area contributed by atoms with E-state index in [9.17, 15) is 24.1 Å². The zero-order valence-corrected chi connectivity index (χ0v) is 24.8. The summed E-state index contributed by atoms with van der Waals surface area (Å²) in [6, 6.07) is 30.8. The van der Waals surface area contributed by atoms with E-state index in [-0.39, 0.29) is 34.5 Å². The molecule has 2 amide bonds. The normalized spacial score (nSPS) is 10.9. The van der Waals surface area contributed by atoms with Crippen molar-refractivity contribution >= 4 is 52.3 Å². The molecule has 0 unspecified atom stereocenters. The van der Waals surface area contributed by atoms with Gasteiger partial charge in [0.25, 0.3) is 17.5 Å². The molecule has 12 heteroatoms. The first-order chi connectivity index (χ1) is 22.2. The van der Waals surface area contributed by atoms with Crippen LogP contribution in [0.25, 0.3) is 17.4 Å². The average Bonchev–Trinajstić information content (AvgIpc) is 3.53. The van der Waals surface area contributed by atoms with E-state index in [4.69, 9.17) is 16.6 Å². The lowest BCUT2D eigenvalue weighted by atomic mass is 10.1. The summed E-state index contributed by atoms with van der Waals surface area (Å²) in [5.74, 6) is -0.821. The summed E-state index contributed by atoms with van der Waals surface area (Å²) in [7, 11) is 0. The number of amides is 2. The molecule has 5 aromatic rings. The van der Waals surface area contributed by atoms with Crippen LogP contribution in [0.3, 0.4) is 0 Å². The fraction of sp³-hybridized carbons (Fsp3) is 0.0294.